The molecule has 1 heterocycles. The minimum atomic E-state index is -0.136. The van der Waals surface area contributed by atoms with E-state index in [2.05, 4.69) is 20.8 Å². The minimum absolute atomic E-state index is 0.127. The van der Waals surface area contributed by atoms with Gasteiger partial charge in [-0.05, 0) is 17.8 Å². The lowest BCUT2D eigenvalue weighted by molar-refractivity contribution is -0.146. The number of unbranched alkanes of at least 4 members (excludes halogenated alkanes) is 1. The molecule has 0 saturated heterocycles. The molecule has 3 nitrogen and oxygen atoms in total. The first-order valence-corrected chi connectivity index (χ1v) is 7.44. The van der Waals surface area contributed by atoms with Crippen LogP contribution in [0, 0.1) is 23.7 Å². The van der Waals surface area contributed by atoms with Crippen LogP contribution in [0.5, 0.6) is 0 Å². The summed E-state index contributed by atoms with van der Waals surface area (Å²) in [5, 5.41) is 0. The van der Waals surface area contributed by atoms with Gasteiger partial charge in [0.25, 0.3) is 0 Å². The second kappa shape index (κ2) is 8.36. The van der Waals surface area contributed by atoms with Gasteiger partial charge in [0.05, 0.1) is 26.2 Å². The predicted molar refractivity (Wildman–Crippen MR) is 76.8 cm³/mol. The van der Waals surface area contributed by atoms with E-state index >= 15 is 0 Å². The molecule has 110 valence electrons. The largest absolute Gasteiger partial charge is 0.469 e. The molecule has 0 radical (unpaired) electrons. The standard InChI is InChI=1S/C16H28O3/c1-5-6-8-12(2)15-11-19-10-7-9-14(13(15)3)16(17)18-4/h7,9,12-15H,5-6,8,10-11H2,1-4H3/b9-7-/t12-,13-,14+,15+/m1/s1. The van der Waals surface area contributed by atoms with Gasteiger partial charge in [-0.3, -0.25) is 4.79 Å². The number of carbonyl (C=O) groups is 1. The topological polar surface area (TPSA) is 35.5 Å². The fourth-order valence-corrected chi connectivity index (χ4v) is 2.92. The van der Waals surface area contributed by atoms with E-state index in [4.69, 9.17) is 9.47 Å². The first-order valence-electron chi connectivity index (χ1n) is 7.44. The zero-order valence-corrected chi connectivity index (χ0v) is 12.7. The minimum Gasteiger partial charge on any atom is -0.469 e. The highest BCUT2D eigenvalue weighted by molar-refractivity contribution is 5.74. The molecule has 19 heavy (non-hydrogen) atoms. The van der Waals surface area contributed by atoms with Crippen molar-refractivity contribution in [2.45, 2.75) is 40.0 Å². The fourth-order valence-electron chi connectivity index (χ4n) is 2.92. The molecule has 0 aromatic carbocycles. The molecule has 0 aliphatic carbocycles. The Kier molecular flexibility index (Phi) is 7.14. The summed E-state index contributed by atoms with van der Waals surface area (Å²) in [7, 11) is 1.47. The lowest BCUT2D eigenvalue weighted by atomic mass is 9.75. The normalized spacial score (nSPS) is 31.1. The van der Waals surface area contributed by atoms with E-state index in [0.29, 0.717) is 18.4 Å². The van der Waals surface area contributed by atoms with Crippen molar-refractivity contribution in [1.29, 1.82) is 0 Å². The fraction of sp³-hybridized carbons (Fsp3) is 0.812. The van der Waals surface area contributed by atoms with Crippen molar-refractivity contribution in [2.75, 3.05) is 20.3 Å². The van der Waals surface area contributed by atoms with E-state index < -0.39 is 0 Å². The van der Waals surface area contributed by atoms with E-state index in [0.717, 1.165) is 6.61 Å². The van der Waals surface area contributed by atoms with E-state index in [1.165, 1.54) is 26.4 Å². The van der Waals surface area contributed by atoms with Crippen LogP contribution in [0.25, 0.3) is 0 Å². The Hall–Kier alpha value is -0.830. The van der Waals surface area contributed by atoms with Crippen molar-refractivity contribution in [2.24, 2.45) is 23.7 Å². The van der Waals surface area contributed by atoms with Gasteiger partial charge in [0.2, 0.25) is 0 Å². The Morgan fingerprint density at radius 2 is 2.26 bits per heavy atom. The van der Waals surface area contributed by atoms with Gasteiger partial charge >= 0.3 is 5.97 Å². The van der Waals surface area contributed by atoms with Crippen LogP contribution in [0.1, 0.15) is 40.0 Å². The van der Waals surface area contributed by atoms with Crippen molar-refractivity contribution >= 4 is 5.97 Å². The third-order valence-corrected chi connectivity index (χ3v) is 4.33. The molecule has 0 spiro atoms. The van der Waals surface area contributed by atoms with Gasteiger partial charge in [-0.1, -0.05) is 52.2 Å². The smallest absolute Gasteiger partial charge is 0.312 e. The maximum Gasteiger partial charge on any atom is 0.312 e. The summed E-state index contributed by atoms with van der Waals surface area (Å²) in [4.78, 5) is 11.9. The molecule has 0 amide bonds. The van der Waals surface area contributed by atoms with Crippen LogP contribution in [-0.4, -0.2) is 26.3 Å². The molecule has 1 rings (SSSR count). The Balaban J connectivity index is 2.78. The monoisotopic (exact) mass is 268 g/mol. The zero-order chi connectivity index (χ0) is 14.3. The van der Waals surface area contributed by atoms with Crippen LogP contribution in [0.15, 0.2) is 12.2 Å². The zero-order valence-electron chi connectivity index (χ0n) is 12.7. The molecule has 4 atom stereocenters. The quantitative estimate of drug-likeness (QED) is 0.566. The summed E-state index contributed by atoms with van der Waals surface area (Å²) in [6.07, 6.45) is 7.54. The maximum atomic E-state index is 11.9. The maximum absolute atomic E-state index is 11.9. The second-order valence-corrected chi connectivity index (χ2v) is 5.66. The van der Waals surface area contributed by atoms with Gasteiger partial charge in [-0.25, -0.2) is 0 Å². The summed E-state index contributed by atoms with van der Waals surface area (Å²) >= 11 is 0. The molecule has 0 unspecified atom stereocenters. The molecule has 0 N–H and O–H groups in total. The van der Waals surface area contributed by atoms with E-state index in [1.54, 1.807) is 0 Å². The summed E-state index contributed by atoms with van der Waals surface area (Å²) in [5.41, 5.74) is 0. The summed E-state index contributed by atoms with van der Waals surface area (Å²) in [6, 6.07) is 0. The van der Waals surface area contributed by atoms with Crippen molar-refractivity contribution in [3.05, 3.63) is 12.2 Å². The van der Waals surface area contributed by atoms with Crippen LogP contribution < -0.4 is 0 Å². The highest BCUT2D eigenvalue weighted by Crippen LogP contribution is 2.33. The molecule has 3 heteroatoms. The van der Waals surface area contributed by atoms with E-state index in [-0.39, 0.29) is 17.8 Å². The summed E-state index contributed by atoms with van der Waals surface area (Å²) < 4.78 is 10.6. The number of carbonyl (C=O) groups excluding carboxylic acids is 1. The van der Waals surface area contributed by atoms with Crippen molar-refractivity contribution in [1.82, 2.24) is 0 Å². The third kappa shape index (κ3) is 4.64. The van der Waals surface area contributed by atoms with Gasteiger partial charge in [0, 0.05) is 0 Å². The van der Waals surface area contributed by atoms with Crippen LogP contribution in [-0.2, 0) is 14.3 Å². The van der Waals surface area contributed by atoms with Gasteiger partial charge in [-0.15, -0.1) is 0 Å². The average molecular weight is 268 g/mol. The highest BCUT2D eigenvalue weighted by Gasteiger charge is 2.33. The molecule has 1 aliphatic heterocycles. The van der Waals surface area contributed by atoms with E-state index in [9.17, 15) is 4.79 Å². The number of rotatable bonds is 5. The van der Waals surface area contributed by atoms with Gasteiger partial charge in [-0.2, -0.15) is 0 Å². The van der Waals surface area contributed by atoms with Gasteiger partial charge in [0.15, 0.2) is 0 Å². The molecule has 0 aromatic heterocycles. The molecular weight excluding hydrogens is 240 g/mol. The van der Waals surface area contributed by atoms with Crippen molar-refractivity contribution < 1.29 is 14.3 Å². The van der Waals surface area contributed by atoms with Crippen LogP contribution >= 0.6 is 0 Å². The first-order chi connectivity index (χ1) is 9.11. The number of hydrogen-bond donors (Lipinski definition) is 0. The van der Waals surface area contributed by atoms with Crippen molar-refractivity contribution in [3.8, 4) is 0 Å². The first kappa shape index (κ1) is 16.2. The third-order valence-electron chi connectivity index (χ3n) is 4.33. The Morgan fingerprint density at radius 1 is 1.53 bits per heavy atom. The van der Waals surface area contributed by atoms with Gasteiger partial charge in [0.1, 0.15) is 0 Å². The number of esters is 1. The Labute approximate surface area is 117 Å². The Morgan fingerprint density at radius 3 is 2.89 bits per heavy atom. The second-order valence-electron chi connectivity index (χ2n) is 5.66. The molecule has 0 saturated carbocycles. The molecule has 1 aliphatic rings. The predicted octanol–water partition coefficient (Wildman–Crippen LogP) is 3.44. The van der Waals surface area contributed by atoms with Gasteiger partial charge < -0.3 is 9.47 Å². The van der Waals surface area contributed by atoms with Crippen LogP contribution in [0.2, 0.25) is 0 Å². The van der Waals surface area contributed by atoms with Crippen LogP contribution in [0.3, 0.4) is 0 Å². The van der Waals surface area contributed by atoms with Crippen LogP contribution in [0.4, 0.5) is 0 Å². The van der Waals surface area contributed by atoms with E-state index in [1.807, 2.05) is 12.2 Å². The number of methoxy groups -OCH3 is 1. The summed E-state index contributed by atoms with van der Waals surface area (Å²) in [5.74, 6) is 0.992. The van der Waals surface area contributed by atoms with Crippen molar-refractivity contribution in [3.63, 3.8) is 0 Å². The average Bonchev–Trinajstić information content (AvgIpc) is 2.40. The molecule has 0 bridgehead atoms. The number of hydrogen-bond acceptors (Lipinski definition) is 3. The molecule has 0 fully saturated rings. The summed E-state index contributed by atoms with van der Waals surface area (Å²) in [6.45, 7) is 7.97. The number of ether oxygens (including phenoxy) is 2. The lowest BCUT2D eigenvalue weighted by Gasteiger charge is -2.33. The molecular formula is C16H28O3. The highest BCUT2D eigenvalue weighted by atomic mass is 16.5. The Bertz CT molecular complexity index is 298. The lowest BCUT2D eigenvalue weighted by Crippen LogP contribution is -2.34. The molecule has 0 aromatic rings. The SMILES string of the molecule is CCCC[C@@H](C)[C@@H]1COC/C=C\[C@H](C(=O)OC)[C@H]1C.